The molecule has 4 aromatic rings. The van der Waals surface area contributed by atoms with E-state index in [1.54, 1.807) is 19.4 Å². The average molecular weight is 477 g/mol. The fourth-order valence-corrected chi connectivity index (χ4v) is 4.91. The van der Waals surface area contributed by atoms with Gasteiger partial charge in [0.15, 0.2) is 12.6 Å². The Morgan fingerprint density at radius 2 is 1.89 bits per heavy atom. The van der Waals surface area contributed by atoms with Crippen LogP contribution >= 0.6 is 0 Å². The third kappa shape index (κ3) is 4.46. The van der Waals surface area contributed by atoms with Crippen LogP contribution in [0.15, 0.2) is 36.5 Å². The molecule has 1 N–H and O–H groups in total. The maximum absolute atomic E-state index is 16.2. The van der Waals surface area contributed by atoms with E-state index in [0.29, 0.717) is 22.5 Å². The summed E-state index contributed by atoms with van der Waals surface area (Å²) in [6.07, 6.45) is 6.75. The highest BCUT2D eigenvalue weighted by Gasteiger charge is 2.23. The number of anilines is 1. The van der Waals surface area contributed by atoms with Crippen molar-refractivity contribution in [2.45, 2.75) is 39.0 Å². The number of nitrogens with zero attached hydrogens (tertiary/aromatic N) is 4. The Hall–Kier alpha value is -3.52. The summed E-state index contributed by atoms with van der Waals surface area (Å²) in [4.78, 5) is 15.0. The number of benzene rings is 2. The molecule has 0 aliphatic carbocycles. The largest absolute Gasteiger partial charge is 0.479 e. The van der Waals surface area contributed by atoms with Gasteiger partial charge < -0.3 is 19.5 Å². The van der Waals surface area contributed by atoms with Crippen LogP contribution in [0.2, 0.25) is 0 Å². The fourth-order valence-electron chi connectivity index (χ4n) is 4.91. The van der Waals surface area contributed by atoms with Crippen molar-refractivity contribution in [2.75, 3.05) is 31.9 Å². The number of aromatic hydroxyl groups is 1. The number of pyridine rings is 1. The Bertz CT molecular complexity index is 1370. The van der Waals surface area contributed by atoms with Crippen molar-refractivity contribution in [1.82, 2.24) is 15.0 Å². The van der Waals surface area contributed by atoms with E-state index >= 15 is 4.39 Å². The third-order valence-electron chi connectivity index (χ3n) is 6.57. The molecule has 2 aromatic carbocycles. The fraction of sp³-hybridized carbons (Fsp3) is 0.370. The lowest BCUT2D eigenvalue weighted by molar-refractivity contribution is 0.0512. The summed E-state index contributed by atoms with van der Waals surface area (Å²) < 4.78 is 26.9. The maximum Gasteiger partial charge on any atom is 0.316 e. The van der Waals surface area contributed by atoms with Gasteiger partial charge >= 0.3 is 6.01 Å². The SMILES string of the molecule is CCc1cccc2cc(OCOC)cc(-c3ncc4c(N5CCCCCC5)nc(O)nc4c3F)c12. The van der Waals surface area contributed by atoms with Crippen molar-refractivity contribution in [2.24, 2.45) is 0 Å². The van der Waals surface area contributed by atoms with Gasteiger partial charge in [0.2, 0.25) is 0 Å². The first-order chi connectivity index (χ1) is 17.1. The van der Waals surface area contributed by atoms with Crippen LogP contribution in [0.25, 0.3) is 32.9 Å². The van der Waals surface area contributed by atoms with Gasteiger partial charge in [-0.2, -0.15) is 9.97 Å². The normalized spacial score (nSPS) is 14.4. The van der Waals surface area contributed by atoms with Crippen LogP contribution in [0.1, 0.15) is 38.2 Å². The van der Waals surface area contributed by atoms with E-state index in [-0.39, 0.29) is 18.0 Å². The van der Waals surface area contributed by atoms with Gasteiger partial charge in [-0.3, -0.25) is 4.98 Å². The van der Waals surface area contributed by atoms with Crippen molar-refractivity contribution < 1.29 is 19.0 Å². The summed E-state index contributed by atoms with van der Waals surface area (Å²) in [5.74, 6) is 0.496. The zero-order valence-corrected chi connectivity index (χ0v) is 20.1. The lowest BCUT2D eigenvalue weighted by atomic mass is 9.95. The maximum atomic E-state index is 16.2. The van der Waals surface area contributed by atoms with Crippen molar-refractivity contribution in [3.8, 4) is 23.0 Å². The molecule has 0 radical (unpaired) electrons. The molecule has 0 amide bonds. The minimum absolute atomic E-state index is 0.0621. The van der Waals surface area contributed by atoms with Gasteiger partial charge in [0.05, 0.1) is 5.39 Å². The molecule has 1 aliphatic heterocycles. The van der Waals surface area contributed by atoms with Crippen LogP contribution < -0.4 is 9.64 Å². The highest BCUT2D eigenvalue weighted by Crippen LogP contribution is 2.38. The number of methoxy groups -OCH3 is 1. The van der Waals surface area contributed by atoms with Crippen LogP contribution in [0, 0.1) is 5.82 Å². The van der Waals surface area contributed by atoms with Crippen LogP contribution in [-0.4, -0.2) is 47.1 Å². The van der Waals surface area contributed by atoms with Crippen molar-refractivity contribution in [1.29, 1.82) is 0 Å². The van der Waals surface area contributed by atoms with Gasteiger partial charge in [0, 0.05) is 32.0 Å². The summed E-state index contributed by atoms with van der Waals surface area (Å²) in [6, 6.07) is 9.25. The lowest BCUT2D eigenvalue weighted by Crippen LogP contribution is -2.25. The van der Waals surface area contributed by atoms with Gasteiger partial charge in [0.1, 0.15) is 22.8 Å². The molecule has 0 saturated carbocycles. The number of hydrogen-bond donors (Lipinski definition) is 1. The summed E-state index contributed by atoms with van der Waals surface area (Å²) in [7, 11) is 1.55. The van der Waals surface area contributed by atoms with E-state index in [4.69, 9.17) is 9.47 Å². The number of ether oxygens (including phenoxy) is 2. The Morgan fingerprint density at radius 1 is 1.09 bits per heavy atom. The highest BCUT2D eigenvalue weighted by atomic mass is 19.1. The molecule has 8 heteroatoms. The van der Waals surface area contributed by atoms with E-state index in [1.807, 2.05) is 24.3 Å². The molecule has 0 bridgehead atoms. The number of halogens is 1. The topological polar surface area (TPSA) is 80.6 Å². The molecule has 7 nitrogen and oxygen atoms in total. The smallest absolute Gasteiger partial charge is 0.316 e. The van der Waals surface area contributed by atoms with E-state index in [9.17, 15) is 5.11 Å². The second-order valence-electron chi connectivity index (χ2n) is 8.82. The van der Waals surface area contributed by atoms with E-state index in [2.05, 4.69) is 26.8 Å². The molecule has 0 unspecified atom stereocenters. The molecule has 0 spiro atoms. The van der Waals surface area contributed by atoms with Crippen LogP contribution in [0.3, 0.4) is 0 Å². The number of hydrogen-bond acceptors (Lipinski definition) is 7. The zero-order chi connectivity index (χ0) is 24.4. The van der Waals surface area contributed by atoms with Gasteiger partial charge in [-0.05, 0) is 47.7 Å². The molecule has 1 aliphatic rings. The summed E-state index contributed by atoms with van der Waals surface area (Å²) in [6.45, 7) is 3.75. The van der Waals surface area contributed by atoms with Gasteiger partial charge in [-0.25, -0.2) is 4.39 Å². The predicted octanol–water partition coefficient (Wildman–Crippen LogP) is 5.62. The van der Waals surface area contributed by atoms with E-state index < -0.39 is 11.8 Å². The Morgan fingerprint density at radius 3 is 2.63 bits per heavy atom. The first-order valence-electron chi connectivity index (χ1n) is 12.1. The number of aryl methyl sites for hydroxylation is 1. The number of fused-ring (bicyclic) bond motifs is 2. The predicted molar refractivity (Wildman–Crippen MR) is 134 cm³/mol. The standard InChI is InChI=1S/C27H29FN4O3/c1-3-17-9-8-10-18-13-19(35-16-34-2)14-20(22(17)18)24-23(28)25-21(15-29-24)26(31-27(33)30-25)32-11-6-4-5-7-12-32/h8-10,13-15H,3-7,11-12,16H2,1-2H3,(H,30,31,33). The molecule has 2 aromatic heterocycles. The van der Waals surface area contributed by atoms with E-state index in [0.717, 1.165) is 61.5 Å². The Labute approximate surface area is 203 Å². The van der Waals surface area contributed by atoms with Crippen molar-refractivity contribution in [3.05, 3.63) is 47.9 Å². The minimum Gasteiger partial charge on any atom is -0.479 e. The summed E-state index contributed by atoms with van der Waals surface area (Å²) in [5, 5.41) is 12.7. The second kappa shape index (κ2) is 10.00. The third-order valence-corrected chi connectivity index (χ3v) is 6.57. The van der Waals surface area contributed by atoms with Gasteiger partial charge in [-0.15, -0.1) is 0 Å². The molecule has 1 saturated heterocycles. The monoisotopic (exact) mass is 476 g/mol. The second-order valence-corrected chi connectivity index (χ2v) is 8.82. The molecule has 3 heterocycles. The van der Waals surface area contributed by atoms with Crippen molar-refractivity contribution >= 4 is 27.5 Å². The highest BCUT2D eigenvalue weighted by molar-refractivity contribution is 6.01. The molecular weight excluding hydrogens is 447 g/mol. The number of aromatic nitrogens is 3. The van der Waals surface area contributed by atoms with Crippen LogP contribution in [0.4, 0.5) is 10.2 Å². The minimum atomic E-state index is -0.590. The van der Waals surface area contributed by atoms with Crippen LogP contribution in [0.5, 0.6) is 11.8 Å². The Balaban J connectivity index is 1.73. The Kier molecular flexibility index (Phi) is 6.63. The molecule has 0 atom stereocenters. The quantitative estimate of drug-likeness (QED) is 0.362. The van der Waals surface area contributed by atoms with Crippen LogP contribution in [-0.2, 0) is 11.2 Å². The number of rotatable bonds is 6. The molecule has 1 fully saturated rings. The van der Waals surface area contributed by atoms with E-state index in [1.165, 1.54) is 0 Å². The van der Waals surface area contributed by atoms with Gasteiger partial charge in [0.25, 0.3) is 0 Å². The summed E-state index contributed by atoms with van der Waals surface area (Å²) >= 11 is 0. The molecule has 182 valence electrons. The first-order valence-corrected chi connectivity index (χ1v) is 12.1. The lowest BCUT2D eigenvalue weighted by Gasteiger charge is -2.23. The molecule has 5 rings (SSSR count). The first kappa shape index (κ1) is 23.2. The summed E-state index contributed by atoms with van der Waals surface area (Å²) in [5.41, 5.74) is 1.91. The molecule has 35 heavy (non-hydrogen) atoms. The average Bonchev–Trinajstić information content (AvgIpc) is 3.16. The molecular formula is C27H29FN4O3. The van der Waals surface area contributed by atoms with Crippen molar-refractivity contribution in [3.63, 3.8) is 0 Å². The zero-order valence-electron chi connectivity index (χ0n) is 20.1. The van der Waals surface area contributed by atoms with Gasteiger partial charge in [-0.1, -0.05) is 38.0 Å².